The molecular formula is C10H18N4O3S. The zero-order chi connectivity index (χ0) is 13.0. The molecule has 1 aromatic heterocycles. The third-order valence-corrected chi connectivity index (χ3v) is 4.59. The fourth-order valence-corrected chi connectivity index (χ4v) is 3.32. The molecule has 7 nitrogen and oxygen atoms in total. The summed E-state index contributed by atoms with van der Waals surface area (Å²) in [6, 6.07) is 0.466. The van der Waals surface area contributed by atoms with E-state index in [1.165, 1.54) is 0 Å². The number of hydrogen-bond acceptors (Lipinski definition) is 7. The van der Waals surface area contributed by atoms with Crippen molar-refractivity contribution in [2.24, 2.45) is 0 Å². The lowest BCUT2D eigenvalue weighted by atomic mass is 10.2. The number of rotatable bonds is 5. The standard InChI is InChI=1S/C10H18N4O3S/c1-2-11-7-9-13-14-10(17-9)12-8-3-5-18(15,16)6-4-8/h8,11H,2-7H2,1H3,(H,12,14). The maximum atomic E-state index is 11.3. The van der Waals surface area contributed by atoms with Gasteiger partial charge in [0.25, 0.3) is 0 Å². The van der Waals surface area contributed by atoms with Crippen LogP contribution in [0.1, 0.15) is 25.7 Å². The summed E-state index contributed by atoms with van der Waals surface area (Å²) >= 11 is 0. The molecule has 1 fully saturated rings. The van der Waals surface area contributed by atoms with E-state index in [2.05, 4.69) is 20.8 Å². The molecule has 0 radical (unpaired) electrons. The van der Waals surface area contributed by atoms with Crippen molar-refractivity contribution in [2.45, 2.75) is 32.4 Å². The first-order chi connectivity index (χ1) is 8.59. The second-order valence-electron chi connectivity index (χ2n) is 4.35. The Labute approximate surface area is 106 Å². The molecule has 8 heteroatoms. The lowest BCUT2D eigenvalue weighted by Crippen LogP contribution is -2.32. The summed E-state index contributed by atoms with van der Waals surface area (Å²) in [5.41, 5.74) is 0. The van der Waals surface area contributed by atoms with Crippen LogP contribution in [0.5, 0.6) is 0 Å². The topological polar surface area (TPSA) is 97.1 Å². The summed E-state index contributed by atoms with van der Waals surface area (Å²) < 4.78 is 28.0. The minimum atomic E-state index is -2.83. The quantitative estimate of drug-likeness (QED) is 0.789. The van der Waals surface area contributed by atoms with Gasteiger partial charge >= 0.3 is 6.01 Å². The Kier molecular flexibility index (Phi) is 4.18. The lowest BCUT2D eigenvalue weighted by Gasteiger charge is -2.21. The smallest absolute Gasteiger partial charge is 0.315 e. The van der Waals surface area contributed by atoms with E-state index in [0.717, 1.165) is 6.54 Å². The van der Waals surface area contributed by atoms with Gasteiger partial charge < -0.3 is 15.1 Å². The van der Waals surface area contributed by atoms with E-state index >= 15 is 0 Å². The highest BCUT2D eigenvalue weighted by Gasteiger charge is 2.24. The molecule has 0 aromatic carbocycles. The molecule has 0 aliphatic carbocycles. The summed E-state index contributed by atoms with van der Waals surface area (Å²) in [6.07, 6.45) is 1.18. The average Bonchev–Trinajstić information content (AvgIpc) is 2.77. The molecule has 0 bridgehead atoms. The van der Waals surface area contributed by atoms with Gasteiger partial charge in [-0.15, -0.1) is 5.10 Å². The van der Waals surface area contributed by atoms with Crippen LogP contribution in [-0.4, -0.2) is 42.7 Å². The van der Waals surface area contributed by atoms with Gasteiger partial charge in [-0.3, -0.25) is 0 Å². The van der Waals surface area contributed by atoms with Crippen LogP contribution < -0.4 is 10.6 Å². The predicted octanol–water partition coefficient (Wildman–Crippen LogP) is 0.168. The van der Waals surface area contributed by atoms with Crippen LogP contribution in [0.2, 0.25) is 0 Å². The molecule has 18 heavy (non-hydrogen) atoms. The number of hydrogen-bond donors (Lipinski definition) is 2. The molecule has 2 N–H and O–H groups in total. The fraction of sp³-hybridized carbons (Fsp3) is 0.800. The predicted molar refractivity (Wildman–Crippen MR) is 67.0 cm³/mol. The van der Waals surface area contributed by atoms with E-state index in [-0.39, 0.29) is 17.5 Å². The number of sulfone groups is 1. The molecule has 0 spiro atoms. The molecule has 0 unspecified atom stereocenters. The van der Waals surface area contributed by atoms with Gasteiger partial charge in [0.15, 0.2) is 0 Å². The third kappa shape index (κ3) is 3.67. The summed E-state index contributed by atoms with van der Waals surface area (Å²) in [6.45, 7) is 3.38. The van der Waals surface area contributed by atoms with Crippen LogP contribution in [0.15, 0.2) is 4.42 Å². The average molecular weight is 274 g/mol. The molecule has 2 rings (SSSR count). The Morgan fingerprint density at radius 2 is 2.06 bits per heavy atom. The SMILES string of the molecule is CCNCc1nnc(NC2CCS(=O)(=O)CC2)o1. The van der Waals surface area contributed by atoms with Crippen molar-refractivity contribution in [2.75, 3.05) is 23.4 Å². The van der Waals surface area contributed by atoms with E-state index in [0.29, 0.717) is 31.3 Å². The Hall–Kier alpha value is -1.15. The highest BCUT2D eigenvalue weighted by atomic mass is 32.2. The molecule has 2 heterocycles. The summed E-state index contributed by atoms with van der Waals surface area (Å²) in [7, 11) is -2.83. The van der Waals surface area contributed by atoms with Gasteiger partial charge in [-0.25, -0.2) is 8.42 Å². The zero-order valence-corrected chi connectivity index (χ0v) is 11.2. The second-order valence-corrected chi connectivity index (χ2v) is 6.66. The Bertz CT molecular complexity index is 471. The van der Waals surface area contributed by atoms with E-state index < -0.39 is 9.84 Å². The minimum absolute atomic E-state index is 0.0981. The minimum Gasteiger partial charge on any atom is -0.407 e. The number of nitrogens with one attached hydrogen (secondary N) is 2. The van der Waals surface area contributed by atoms with Crippen molar-refractivity contribution in [3.05, 3.63) is 5.89 Å². The van der Waals surface area contributed by atoms with E-state index in [1.54, 1.807) is 0 Å². The first-order valence-electron chi connectivity index (χ1n) is 6.09. The van der Waals surface area contributed by atoms with Crippen molar-refractivity contribution >= 4 is 15.9 Å². The molecule has 1 aliphatic heterocycles. The van der Waals surface area contributed by atoms with Gasteiger partial charge in [0, 0.05) is 6.04 Å². The number of anilines is 1. The molecule has 1 saturated heterocycles. The van der Waals surface area contributed by atoms with Crippen LogP contribution in [0.3, 0.4) is 0 Å². The van der Waals surface area contributed by atoms with Crippen LogP contribution in [-0.2, 0) is 16.4 Å². The Morgan fingerprint density at radius 3 is 2.72 bits per heavy atom. The largest absolute Gasteiger partial charge is 0.407 e. The molecular weight excluding hydrogens is 256 g/mol. The van der Waals surface area contributed by atoms with E-state index in [9.17, 15) is 8.42 Å². The second kappa shape index (κ2) is 5.66. The highest BCUT2D eigenvalue weighted by Crippen LogP contribution is 2.16. The first-order valence-corrected chi connectivity index (χ1v) is 7.91. The van der Waals surface area contributed by atoms with E-state index in [4.69, 9.17) is 4.42 Å². The van der Waals surface area contributed by atoms with Gasteiger partial charge in [-0.2, -0.15) is 0 Å². The van der Waals surface area contributed by atoms with Gasteiger partial charge in [-0.1, -0.05) is 12.0 Å². The van der Waals surface area contributed by atoms with Gasteiger partial charge in [0.05, 0.1) is 18.1 Å². The zero-order valence-electron chi connectivity index (χ0n) is 10.3. The summed E-state index contributed by atoms with van der Waals surface area (Å²) in [5, 5.41) is 13.9. The van der Waals surface area contributed by atoms with Crippen LogP contribution in [0.4, 0.5) is 6.01 Å². The first kappa shape index (κ1) is 13.3. The maximum Gasteiger partial charge on any atom is 0.315 e. The molecule has 0 amide bonds. The summed E-state index contributed by atoms with van der Waals surface area (Å²) in [5.74, 6) is 0.981. The molecule has 0 atom stereocenters. The highest BCUT2D eigenvalue weighted by molar-refractivity contribution is 7.91. The van der Waals surface area contributed by atoms with Crippen molar-refractivity contribution in [3.8, 4) is 0 Å². The van der Waals surface area contributed by atoms with Crippen molar-refractivity contribution in [1.29, 1.82) is 0 Å². The maximum absolute atomic E-state index is 11.3. The van der Waals surface area contributed by atoms with Gasteiger partial charge in [0.1, 0.15) is 9.84 Å². The fourth-order valence-electron chi connectivity index (χ4n) is 1.82. The van der Waals surface area contributed by atoms with E-state index in [1.807, 2.05) is 6.92 Å². The number of aromatic nitrogens is 2. The monoisotopic (exact) mass is 274 g/mol. The third-order valence-electron chi connectivity index (χ3n) is 2.88. The Morgan fingerprint density at radius 1 is 1.33 bits per heavy atom. The normalized spacial score (nSPS) is 19.8. The van der Waals surface area contributed by atoms with Gasteiger partial charge in [0.2, 0.25) is 5.89 Å². The molecule has 1 aromatic rings. The van der Waals surface area contributed by atoms with Crippen LogP contribution in [0.25, 0.3) is 0 Å². The molecule has 0 saturated carbocycles. The van der Waals surface area contributed by atoms with Crippen LogP contribution in [0, 0.1) is 0 Å². The lowest BCUT2D eigenvalue weighted by molar-refractivity contribution is 0.472. The molecule has 102 valence electrons. The van der Waals surface area contributed by atoms with Crippen molar-refractivity contribution < 1.29 is 12.8 Å². The Balaban J connectivity index is 1.84. The number of nitrogens with zero attached hydrogens (tertiary/aromatic N) is 2. The summed E-state index contributed by atoms with van der Waals surface area (Å²) in [4.78, 5) is 0. The van der Waals surface area contributed by atoms with Gasteiger partial charge in [-0.05, 0) is 19.4 Å². The molecule has 1 aliphatic rings. The van der Waals surface area contributed by atoms with Crippen molar-refractivity contribution in [3.63, 3.8) is 0 Å². The van der Waals surface area contributed by atoms with Crippen molar-refractivity contribution in [1.82, 2.24) is 15.5 Å². The van der Waals surface area contributed by atoms with Crippen LogP contribution >= 0.6 is 0 Å².